The lowest BCUT2D eigenvalue weighted by molar-refractivity contribution is 0.0646. The van der Waals surface area contributed by atoms with Crippen molar-refractivity contribution < 1.29 is 4.79 Å². The van der Waals surface area contributed by atoms with Crippen LogP contribution in [-0.4, -0.2) is 72.5 Å². The van der Waals surface area contributed by atoms with Crippen LogP contribution in [0.4, 0.5) is 0 Å². The summed E-state index contributed by atoms with van der Waals surface area (Å²) in [6.07, 6.45) is 7.38. The zero-order valence-corrected chi connectivity index (χ0v) is 16.7. The molecular weight excluding hydrogens is 342 g/mol. The summed E-state index contributed by atoms with van der Waals surface area (Å²) < 4.78 is 3.69. The molecule has 0 bridgehead atoms. The van der Waals surface area contributed by atoms with Crippen LogP contribution in [-0.2, 0) is 14.1 Å². The molecule has 1 amide bonds. The van der Waals surface area contributed by atoms with E-state index in [0.717, 1.165) is 38.3 Å². The number of aromatic nitrogens is 5. The Morgan fingerprint density at radius 2 is 2.00 bits per heavy atom. The van der Waals surface area contributed by atoms with Gasteiger partial charge in [0.1, 0.15) is 12.2 Å². The number of carbonyl (C=O) groups is 1. The van der Waals surface area contributed by atoms with E-state index in [9.17, 15) is 4.79 Å². The first kappa shape index (κ1) is 18.2. The normalized spacial score (nSPS) is 22.9. The van der Waals surface area contributed by atoms with Crippen molar-refractivity contribution in [1.82, 2.24) is 34.3 Å². The fourth-order valence-electron chi connectivity index (χ4n) is 4.79. The molecule has 2 saturated heterocycles. The van der Waals surface area contributed by atoms with E-state index in [-0.39, 0.29) is 17.2 Å². The number of piperidine rings is 1. The van der Waals surface area contributed by atoms with Crippen LogP contribution < -0.4 is 0 Å². The molecule has 2 fully saturated rings. The van der Waals surface area contributed by atoms with Gasteiger partial charge in [0.15, 0.2) is 0 Å². The van der Waals surface area contributed by atoms with Gasteiger partial charge in [-0.2, -0.15) is 5.10 Å². The Morgan fingerprint density at radius 1 is 1.26 bits per heavy atom. The molecule has 0 aliphatic carbocycles. The molecule has 1 spiro atoms. The minimum atomic E-state index is 0.0680. The molecule has 146 valence electrons. The standard InChI is InChI=1S/C19H29N7O/c1-14(2)25-7-5-19(6-8-25)12-26(18(27)15-9-21-24(4)10-15)11-16(19)17-22-20-13-23(17)3/h9-10,13-14,16H,5-8,11-12H2,1-4H3. The number of rotatable bonds is 3. The molecule has 0 radical (unpaired) electrons. The van der Waals surface area contributed by atoms with E-state index in [1.165, 1.54) is 0 Å². The highest BCUT2D eigenvalue weighted by Crippen LogP contribution is 2.49. The molecule has 4 heterocycles. The average molecular weight is 371 g/mol. The van der Waals surface area contributed by atoms with Gasteiger partial charge < -0.3 is 14.4 Å². The minimum Gasteiger partial charge on any atom is -0.337 e. The summed E-state index contributed by atoms with van der Waals surface area (Å²) >= 11 is 0. The van der Waals surface area contributed by atoms with E-state index in [2.05, 4.69) is 34.0 Å². The Kier molecular flexibility index (Phi) is 4.53. The molecule has 2 aromatic heterocycles. The highest BCUT2D eigenvalue weighted by Gasteiger charge is 2.51. The first-order chi connectivity index (χ1) is 12.9. The van der Waals surface area contributed by atoms with Crippen LogP contribution in [0.1, 0.15) is 48.8 Å². The van der Waals surface area contributed by atoms with E-state index in [4.69, 9.17) is 0 Å². The van der Waals surface area contributed by atoms with Crippen molar-refractivity contribution >= 4 is 5.91 Å². The summed E-state index contributed by atoms with van der Waals surface area (Å²) in [6.45, 7) is 8.13. The molecule has 4 rings (SSSR count). The first-order valence-corrected chi connectivity index (χ1v) is 9.75. The van der Waals surface area contributed by atoms with Gasteiger partial charge in [0.2, 0.25) is 0 Å². The van der Waals surface area contributed by atoms with Crippen molar-refractivity contribution in [3.8, 4) is 0 Å². The van der Waals surface area contributed by atoms with Crippen LogP contribution in [0.15, 0.2) is 18.7 Å². The van der Waals surface area contributed by atoms with Crippen LogP contribution in [0.25, 0.3) is 0 Å². The molecular formula is C19H29N7O. The van der Waals surface area contributed by atoms with E-state index in [1.807, 2.05) is 23.6 Å². The van der Waals surface area contributed by atoms with Gasteiger partial charge in [0.25, 0.3) is 5.91 Å². The van der Waals surface area contributed by atoms with Crippen LogP contribution in [0.3, 0.4) is 0 Å². The number of carbonyl (C=O) groups excluding carboxylic acids is 1. The number of amides is 1. The van der Waals surface area contributed by atoms with Gasteiger partial charge in [0, 0.05) is 50.8 Å². The Hall–Kier alpha value is -2.22. The SMILES string of the molecule is CC(C)N1CCC2(CC1)CN(C(=O)c1cnn(C)c1)CC2c1nncn1C. The Bertz CT molecular complexity index is 816. The molecule has 2 aliphatic rings. The van der Waals surface area contributed by atoms with Gasteiger partial charge in [0.05, 0.1) is 11.8 Å². The number of hydrogen-bond donors (Lipinski definition) is 0. The van der Waals surface area contributed by atoms with E-state index in [1.54, 1.807) is 23.4 Å². The maximum absolute atomic E-state index is 13.1. The molecule has 8 nitrogen and oxygen atoms in total. The van der Waals surface area contributed by atoms with Gasteiger partial charge in [-0.15, -0.1) is 10.2 Å². The molecule has 1 atom stereocenters. The smallest absolute Gasteiger partial charge is 0.257 e. The van der Waals surface area contributed by atoms with Crippen LogP contribution in [0, 0.1) is 5.41 Å². The quantitative estimate of drug-likeness (QED) is 0.813. The van der Waals surface area contributed by atoms with Gasteiger partial charge in [-0.25, -0.2) is 0 Å². The molecule has 27 heavy (non-hydrogen) atoms. The lowest BCUT2D eigenvalue weighted by atomic mass is 9.70. The Balaban J connectivity index is 1.62. The second-order valence-corrected chi connectivity index (χ2v) is 8.43. The average Bonchev–Trinajstić information content (AvgIpc) is 3.34. The predicted octanol–water partition coefficient (Wildman–Crippen LogP) is 1.28. The van der Waals surface area contributed by atoms with E-state index >= 15 is 0 Å². The van der Waals surface area contributed by atoms with Crippen LogP contribution in [0.2, 0.25) is 0 Å². The van der Waals surface area contributed by atoms with Crippen molar-refractivity contribution in [2.45, 2.75) is 38.6 Å². The minimum absolute atomic E-state index is 0.0680. The summed E-state index contributed by atoms with van der Waals surface area (Å²) in [5.41, 5.74) is 0.732. The second kappa shape index (κ2) is 6.74. The highest BCUT2D eigenvalue weighted by molar-refractivity contribution is 5.94. The third-order valence-electron chi connectivity index (χ3n) is 6.47. The van der Waals surface area contributed by atoms with Crippen molar-refractivity contribution in [2.24, 2.45) is 19.5 Å². The van der Waals surface area contributed by atoms with Gasteiger partial charge in [-0.05, 0) is 39.8 Å². The Morgan fingerprint density at radius 3 is 2.56 bits per heavy atom. The molecule has 2 aromatic rings. The molecule has 1 unspecified atom stereocenters. The van der Waals surface area contributed by atoms with Crippen molar-refractivity contribution in [3.63, 3.8) is 0 Å². The summed E-state index contributed by atoms with van der Waals surface area (Å²) in [6, 6.07) is 0.560. The third kappa shape index (κ3) is 3.16. The van der Waals surface area contributed by atoms with Gasteiger partial charge in [-0.1, -0.05) is 0 Å². The summed E-state index contributed by atoms with van der Waals surface area (Å²) in [5, 5.41) is 12.7. The predicted molar refractivity (Wildman–Crippen MR) is 101 cm³/mol. The van der Waals surface area contributed by atoms with Crippen molar-refractivity contribution in [1.29, 1.82) is 0 Å². The molecule has 8 heteroatoms. The van der Waals surface area contributed by atoms with Crippen LogP contribution >= 0.6 is 0 Å². The summed E-state index contributed by atoms with van der Waals surface area (Å²) in [5.74, 6) is 1.29. The zero-order chi connectivity index (χ0) is 19.2. The topological polar surface area (TPSA) is 72.1 Å². The second-order valence-electron chi connectivity index (χ2n) is 8.43. The van der Waals surface area contributed by atoms with E-state index < -0.39 is 0 Å². The van der Waals surface area contributed by atoms with Crippen LogP contribution in [0.5, 0.6) is 0 Å². The maximum Gasteiger partial charge on any atom is 0.257 e. The Labute approximate surface area is 160 Å². The fraction of sp³-hybridized carbons (Fsp3) is 0.684. The van der Waals surface area contributed by atoms with Gasteiger partial charge >= 0.3 is 0 Å². The third-order valence-corrected chi connectivity index (χ3v) is 6.47. The van der Waals surface area contributed by atoms with E-state index in [0.29, 0.717) is 18.2 Å². The number of nitrogens with zero attached hydrogens (tertiary/aromatic N) is 7. The fourth-order valence-corrected chi connectivity index (χ4v) is 4.79. The largest absolute Gasteiger partial charge is 0.337 e. The van der Waals surface area contributed by atoms with Gasteiger partial charge in [-0.3, -0.25) is 9.48 Å². The monoisotopic (exact) mass is 371 g/mol. The summed E-state index contributed by atoms with van der Waals surface area (Å²) in [4.78, 5) is 17.6. The maximum atomic E-state index is 13.1. The number of aryl methyl sites for hydroxylation is 2. The molecule has 2 aliphatic heterocycles. The zero-order valence-electron chi connectivity index (χ0n) is 16.7. The molecule has 0 N–H and O–H groups in total. The number of hydrogen-bond acceptors (Lipinski definition) is 5. The highest BCUT2D eigenvalue weighted by atomic mass is 16.2. The lowest BCUT2D eigenvalue weighted by Crippen LogP contribution is -2.46. The molecule has 0 saturated carbocycles. The first-order valence-electron chi connectivity index (χ1n) is 9.75. The summed E-state index contributed by atoms with van der Waals surface area (Å²) in [7, 11) is 3.84. The van der Waals surface area contributed by atoms with Crippen molar-refractivity contribution in [3.05, 3.63) is 30.1 Å². The number of likely N-dealkylation sites (tertiary alicyclic amines) is 2. The lowest BCUT2D eigenvalue weighted by Gasteiger charge is -2.43. The molecule has 0 aromatic carbocycles. The van der Waals surface area contributed by atoms with Crippen molar-refractivity contribution in [2.75, 3.05) is 26.2 Å².